The number of anilines is 1. The monoisotopic (exact) mass is 468 g/mol. The predicted octanol–water partition coefficient (Wildman–Crippen LogP) is 2.83. The number of rotatable bonds is 6. The van der Waals surface area contributed by atoms with Gasteiger partial charge in [-0.15, -0.1) is 0 Å². The highest BCUT2D eigenvalue weighted by Crippen LogP contribution is 2.37. The lowest BCUT2D eigenvalue weighted by atomic mass is 10.1. The van der Waals surface area contributed by atoms with E-state index < -0.39 is 12.0 Å². The number of amides is 1. The summed E-state index contributed by atoms with van der Waals surface area (Å²) in [6.45, 7) is 2.85. The Hall–Kier alpha value is -3.47. The highest BCUT2D eigenvalue weighted by Gasteiger charge is 2.30. The van der Waals surface area contributed by atoms with Crippen molar-refractivity contribution >= 4 is 28.8 Å². The molecule has 1 aliphatic heterocycles. The third-order valence-corrected chi connectivity index (χ3v) is 5.60. The molecule has 0 bridgehead atoms. The second-order valence-electron chi connectivity index (χ2n) is 7.52. The van der Waals surface area contributed by atoms with Crippen LogP contribution in [-0.2, 0) is 4.74 Å². The lowest BCUT2D eigenvalue weighted by molar-refractivity contribution is 0.102. The maximum Gasteiger partial charge on any atom is 0.261 e. The quantitative estimate of drug-likeness (QED) is 0.447. The van der Waals surface area contributed by atoms with Gasteiger partial charge < -0.3 is 19.9 Å². The van der Waals surface area contributed by atoms with E-state index in [-0.39, 0.29) is 12.6 Å². The van der Waals surface area contributed by atoms with Gasteiger partial charge in [0.15, 0.2) is 5.65 Å². The summed E-state index contributed by atoms with van der Waals surface area (Å²) in [6.07, 6.45) is 5.73. The molecule has 2 N–H and O–H groups in total. The zero-order chi connectivity index (χ0) is 22.9. The van der Waals surface area contributed by atoms with E-state index in [0.717, 1.165) is 0 Å². The topological polar surface area (TPSA) is 116 Å². The first-order valence-electron chi connectivity index (χ1n) is 10.4. The van der Waals surface area contributed by atoms with Gasteiger partial charge in [0.1, 0.15) is 29.2 Å². The fraction of sp³-hybridized carbons (Fsp3) is 0.273. The summed E-state index contributed by atoms with van der Waals surface area (Å²) in [5, 5.41) is 22.6. The maximum absolute atomic E-state index is 13.2. The fourth-order valence-electron chi connectivity index (χ4n) is 3.78. The smallest absolute Gasteiger partial charge is 0.261 e. The Balaban J connectivity index is 1.58. The molecule has 1 amide bonds. The van der Waals surface area contributed by atoms with E-state index in [1.54, 1.807) is 47.5 Å². The van der Waals surface area contributed by atoms with Crippen molar-refractivity contribution in [2.24, 2.45) is 0 Å². The summed E-state index contributed by atoms with van der Waals surface area (Å²) in [6, 6.07) is 6.56. The second-order valence-corrected chi connectivity index (χ2v) is 7.95. The normalized spacial score (nSPS) is 18.0. The van der Waals surface area contributed by atoms with Crippen LogP contribution in [0.1, 0.15) is 23.3 Å². The van der Waals surface area contributed by atoms with Crippen LogP contribution in [0.2, 0.25) is 5.02 Å². The van der Waals surface area contributed by atoms with Gasteiger partial charge in [0.2, 0.25) is 0 Å². The highest BCUT2D eigenvalue weighted by molar-refractivity contribution is 6.31. The SMILES string of the molecule is CCOc1ccc(Cl)cc1-c1nn(C2COCC2O)cc1NC(=O)c1cnn2cccnc12. The lowest BCUT2D eigenvalue weighted by Crippen LogP contribution is -2.22. The first kappa shape index (κ1) is 21.4. The molecule has 0 radical (unpaired) electrons. The minimum Gasteiger partial charge on any atom is -0.493 e. The number of hydrogen-bond acceptors (Lipinski definition) is 7. The molecule has 2 atom stereocenters. The molecule has 3 aromatic heterocycles. The van der Waals surface area contributed by atoms with E-state index in [9.17, 15) is 9.90 Å². The Morgan fingerprint density at radius 2 is 2.27 bits per heavy atom. The Labute approximate surface area is 193 Å². The molecule has 4 heterocycles. The Bertz CT molecular complexity index is 1320. The fourth-order valence-corrected chi connectivity index (χ4v) is 3.95. The van der Waals surface area contributed by atoms with Crippen molar-refractivity contribution in [2.75, 3.05) is 25.1 Å². The van der Waals surface area contributed by atoms with Crippen LogP contribution >= 0.6 is 11.6 Å². The van der Waals surface area contributed by atoms with Crippen LogP contribution in [0.4, 0.5) is 5.69 Å². The van der Waals surface area contributed by atoms with E-state index in [1.165, 1.54) is 10.7 Å². The minimum atomic E-state index is -0.712. The molecule has 5 rings (SSSR count). The number of fused-ring (bicyclic) bond motifs is 1. The van der Waals surface area contributed by atoms with Crippen LogP contribution in [0.5, 0.6) is 5.75 Å². The average Bonchev–Trinajstić information content (AvgIpc) is 3.53. The number of carbonyl (C=O) groups excluding carboxylic acids is 1. The van der Waals surface area contributed by atoms with Gasteiger partial charge in [-0.05, 0) is 31.2 Å². The van der Waals surface area contributed by atoms with Crippen LogP contribution in [0, 0.1) is 0 Å². The van der Waals surface area contributed by atoms with Crippen molar-refractivity contribution in [2.45, 2.75) is 19.1 Å². The first-order chi connectivity index (χ1) is 16.0. The van der Waals surface area contributed by atoms with Gasteiger partial charge in [-0.2, -0.15) is 10.2 Å². The van der Waals surface area contributed by atoms with E-state index in [4.69, 9.17) is 21.1 Å². The molecule has 170 valence electrons. The molecule has 10 nitrogen and oxygen atoms in total. The summed E-state index contributed by atoms with van der Waals surface area (Å²) >= 11 is 6.27. The molecular weight excluding hydrogens is 448 g/mol. The van der Waals surface area contributed by atoms with Crippen molar-refractivity contribution in [3.63, 3.8) is 0 Å². The van der Waals surface area contributed by atoms with E-state index in [0.29, 0.717) is 52.1 Å². The third kappa shape index (κ3) is 4.04. The van der Waals surface area contributed by atoms with Crippen LogP contribution in [-0.4, -0.2) is 61.3 Å². The number of ether oxygens (including phenoxy) is 2. The number of nitrogens with zero attached hydrogens (tertiary/aromatic N) is 5. The van der Waals surface area contributed by atoms with E-state index >= 15 is 0 Å². The molecule has 1 fully saturated rings. The van der Waals surface area contributed by atoms with Crippen LogP contribution < -0.4 is 10.1 Å². The predicted molar refractivity (Wildman–Crippen MR) is 121 cm³/mol. The lowest BCUT2D eigenvalue weighted by Gasteiger charge is -2.12. The number of aliphatic hydroxyl groups excluding tert-OH is 1. The number of aliphatic hydroxyl groups is 1. The summed E-state index contributed by atoms with van der Waals surface area (Å²) < 4.78 is 14.3. The zero-order valence-electron chi connectivity index (χ0n) is 17.7. The summed E-state index contributed by atoms with van der Waals surface area (Å²) in [5.74, 6) is 0.177. The Morgan fingerprint density at radius 1 is 1.39 bits per heavy atom. The zero-order valence-corrected chi connectivity index (χ0v) is 18.4. The molecule has 1 saturated heterocycles. The van der Waals surface area contributed by atoms with Gasteiger partial charge in [0.25, 0.3) is 5.91 Å². The molecule has 33 heavy (non-hydrogen) atoms. The molecule has 0 spiro atoms. The van der Waals surface area contributed by atoms with E-state index in [1.807, 2.05) is 6.92 Å². The summed E-state index contributed by atoms with van der Waals surface area (Å²) in [7, 11) is 0. The molecule has 1 aromatic carbocycles. The molecule has 4 aromatic rings. The Morgan fingerprint density at radius 3 is 3.06 bits per heavy atom. The van der Waals surface area contributed by atoms with Crippen molar-refractivity contribution in [3.05, 3.63) is 59.6 Å². The van der Waals surface area contributed by atoms with Crippen LogP contribution in [0.25, 0.3) is 16.9 Å². The largest absolute Gasteiger partial charge is 0.493 e. The molecule has 2 unspecified atom stereocenters. The third-order valence-electron chi connectivity index (χ3n) is 5.36. The molecule has 11 heteroatoms. The van der Waals surface area contributed by atoms with Gasteiger partial charge in [0.05, 0.1) is 31.7 Å². The minimum absolute atomic E-state index is 0.219. The number of benzene rings is 1. The number of aromatic nitrogens is 5. The molecule has 1 aliphatic rings. The number of halogens is 1. The van der Waals surface area contributed by atoms with Gasteiger partial charge in [0, 0.05) is 29.2 Å². The van der Waals surface area contributed by atoms with Gasteiger partial charge in [-0.1, -0.05) is 11.6 Å². The maximum atomic E-state index is 13.2. The standard InChI is InChI=1S/C22H21ClN6O4/c1-2-33-19-5-4-13(23)8-14(19)20-16(10-29(27-20)17-11-32-12-18(17)30)26-22(31)15-9-25-28-7-3-6-24-21(15)28/h3-10,17-18,30H,2,11-12H2,1H3,(H,26,31). The van der Waals surface area contributed by atoms with Crippen molar-refractivity contribution in [1.29, 1.82) is 0 Å². The van der Waals surface area contributed by atoms with Gasteiger partial charge >= 0.3 is 0 Å². The molecule has 0 aliphatic carbocycles. The van der Waals surface area contributed by atoms with Crippen LogP contribution in [0.3, 0.4) is 0 Å². The number of hydrogen-bond donors (Lipinski definition) is 2. The summed E-state index contributed by atoms with van der Waals surface area (Å²) in [5.41, 5.74) is 2.25. The molecular formula is C22H21ClN6O4. The second kappa shape index (κ2) is 8.81. The summed E-state index contributed by atoms with van der Waals surface area (Å²) in [4.78, 5) is 17.4. The van der Waals surface area contributed by atoms with Crippen molar-refractivity contribution < 1.29 is 19.4 Å². The number of carbonyl (C=O) groups is 1. The van der Waals surface area contributed by atoms with Gasteiger partial charge in [-0.3, -0.25) is 9.48 Å². The van der Waals surface area contributed by atoms with Crippen LogP contribution in [0.15, 0.2) is 49.1 Å². The van der Waals surface area contributed by atoms with Gasteiger partial charge in [-0.25, -0.2) is 9.50 Å². The average molecular weight is 469 g/mol. The highest BCUT2D eigenvalue weighted by atomic mass is 35.5. The Kier molecular flexibility index (Phi) is 5.71. The van der Waals surface area contributed by atoms with Crippen molar-refractivity contribution in [3.8, 4) is 17.0 Å². The first-order valence-corrected chi connectivity index (χ1v) is 10.8. The molecule has 0 saturated carbocycles. The number of nitrogens with one attached hydrogen (secondary N) is 1. The van der Waals surface area contributed by atoms with Crippen molar-refractivity contribution in [1.82, 2.24) is 24.4 Å². The van der Waals surface area contributed by atoms with E-state index in [2.05, 4.69) is 20.5 Å².